The summed E-state index contributed by atoms with van der Waals surface area (Å²) in [4.78, 5) is 174. The molecule has 0 spiro atoms. The van der Waals surface area contributed by atoms with E-state index in [-0.39, 0.29) is 65.0 Å². The maximum atomic E-state index is 11.0. The van der Waals surface area contributed by atoms with E-state index in [1.54, 1.807) is 97.4 Å². The van der Waals surface area contributed by atoms with E-state index in [0.717, 1.165) is 13.8 Å². The van der Waals surface area contributed by atoms with E-state index in [1.165, 1.54) is 91.2 Å². The fourth-order valence-electron chi connectivity index (χ4n) is 3.69. The molecule has 5 unspecified atom stereocenters. The molecule has 0 aliphatic heterocycles. The van der Waals surface area contributed by atoms with E-state index in [1.807, 2.05) is 41.5 Å². The second-order valence-electron chi connectivity index (χ2n) is 22.1. The van der Waals surface area contributed by atoms with Gasteiger partial charge in [-0.15, -0.1) is 0 Å². The Morgan fingerprint density at radius 1 is 0.320 bits per heavy atom. The van der Waals surface area contributed by atoms with Crippen molar-refractivity contribution in [2.45, 2.75) is 212 Å². The maximum absolute atomic E-state index is 11.0. The van der Waals surface area contributed by atoms with Crippen molar-refractivity contribution in [2.24, 2.45) is 17.2 Å². The van der Waals surface area contributed by atoms with E-state index < -0.39 is 89.5 Å². The van der Waals surface area contributed by atoms with Crippen molar-refractivity contribution < 1.29 is 139 Å². The van der Waals surface area contributed by atoms with E-state index in [9.17, 15) is 71.9 Å². The van der Waals surface area contributed by atoms with Crippen LogP contribution >= 0.6 is 0 Å². The molecule has 42 heteroatoms. The van der Waals surface area contributed by atoms with Crippen LogP contribution in [0.5, 0.6) is 0 Å². The van der Waals surface area contributed by atoms with E-state index in [2.05, 4.69) is 88.3 Å². The van der Waals surface area contributed by atoms with Gasteiger partial charge in [0, 0.05) is 83.8 Å². The predicted molar refractivity (Wildman–Crippen MR) is 380 cm³/mol. The molecule has 0 aromatic rings. The Morgan fingerprint density at radius 2 is 0.495 bits per heavy atom. The number of esters is 4. The van der Waals surface area contributed by atoms with Crippen molar-refractivity contribution in [3.05, 3.63) is 0 Å². The van der Waals surface area contributed by atoms with Gasteiger partial charge in [-0.25, -0.2) is 43.2 Å². The van der Waals surface area contributed by atoms with Crippen LogP contribution in [0.2, 0.25) is 0 Å². The highest BCUT2D eigenvalue weighted by Gasteiger charge is 2.25. The minimum atomic E-state index is -1.06. The lowest BCUT2D eigenvalue weighted by Gasteiger charge is -2.20. The van der Waals surface area contributed by atoms with Gasteiger partial charge >= 0.3 is 66.4 Å². The van der Waals surface area contributed by atoms with Crippen LogP contribution in [0, 0.1) is 0 Å². The van der Waals surface area contributed by atoms with Crippen molar-refractivity contribution in [1.82, 2.24) is 53.2 Å². The van der Waals surface area contributed by atoms with Crippen LogP contribution in [0.3, 0.4) is 0 Å². The number of carbonyl (C=O) groups excluding carboxylic acids is 14. The average molecular weight is 1510 g/mol. The van der Waals surface area contributed by atoms with Gasteiger partial charge in [-0.1, -0.05) is 0 Å². The molecule has 0 saturated heterocycles. The number of methoxy groups -OCH3 is 4. The molecule has 0 rings (SSSR count). The van der Waals surface area contributed by atoms with Crippen LogP contribution in [-0.4, -0.2) is 255 Å². The number of aliphatic carboxylic acids is 3. The Labute approximate surface area is 606 Å². The molecule has 0 fully saturated rings. The summed E-state index contributed by atoms with van der Waals surface area (Å²) in [5, 5.41) is 46.6. The highest BCUT2D eigenvalue weighted by atomic mass is 16.8. The fourth-order valence-corrected chi connectivity index (χ4v) is 3.69. The molecule has 0 heterocycles. The molecule has 0 radical (unpaired) electrons. The second-order valence-corrected chi connectivity index (χ2v) is 22.1. The average Bonchev–Trinajstić information content (AvgIpc) is 0.926. The molecule has 19 N–H and O–H groups in total. The molecule has 0 saturated carbocycles. The first kappa shape index (κ1) is 126. The number of rotatable bonds is 9. The highest BCUT2D eigenvalue weighted by molar-refractivity contribution is 5.84. The summed E-state index contributed by atoms with van der Waals surface area (Å²) in [5.41, 5.74) is 11.9. The number of hydrogen-bond acceptors (Lipinski definition) is 29. The minimum absolute atomic E-state index is 0.157. The zero-order valence-corrected chi connectivity index (χ0v) is 67.1. The van der Waals surface area contributed by atoms with Gasteiger partial charge in [-0.05, 0) is 132 Å². The topological polar surface area (TPSA) is 632 Å². The molecule has 0 aliphatic rings. The van der Waals surface area contributed by atoms with Crippen molar-refractivity contribution >= 4 is 102 Å². The van der Waals surface area contributed by atoms with Gasteiger partial charge in [0.1, 0.15) is 52.6 Å². The molecule has 5 atom stereocenters. The Balaban J connectivity index is -0.0000000705. The summed E-state index contributed by atoms with van der Waals surface area (Å²) < 4.78 is 40.8. The lowest BCUT2D eigenvalue weighted by molar-refractivity contribution is -0.144. The van der Waals surface area contributed by atoms with Crippen LogP contribution in [0.4, 0.5) is 28.8 Å². The zero-order valence-electron chi connectivity index (χ0n) is 67.1. The second kappa shape index (κ2) is 77.6. The minimum Gasteiger partial charge on any atom is -0.481 e. The van der Waals surface area contributed by atoms with Crippen LogP contribution < -0.4 is 70.4 Å². The summed E-state index contributed by atoms with van der Waals surface area (Å²) in [6, 6.07) is -3.26. The maximum Gasteiger partial charge on any atom is 0.519 e. The molecule has 0 aromatic carbocycles. The van der Waals surface area contributed by atoms with Crippen LogP contribution in [0.25, 0.3) is 0 Å². The number of nitrogens with two attached hydrogens (primary N) is 3. The molecule has 10 amide bonds. The molecular weight excluding hydrogens is 1380 g/mol. The number of urea groups is 2. The van der Waals surface area contributed by atoms with Gasteiger partial charge in [0.15, 0.2) is 0 Å². The van der Waals surface area contributed by atoms with Gasteiger partial charge in [0.25, 0.3) is 11.9 Å². The summed E-state index contributed by atoms with van der Waals surface area (Å²) >= 11 is 0. The van der Waals surface area contributed by atoms with Crippen molar-refractivity contribution in [2.75, 3.05) is 84.8 Å². The van der Waals surface area contributed by atoms with Crippen molar-refractivity contribution in [1.29, 1.82) is 0 Å². The summed E-state index contributed by atoms with van der Waals surface area (Å²) in [6.45, 7) is 36.1. The Bertz CT molecular complexity index is 2190. The lowest BCUT2D eigenvalue weighted by atomic mass is 10.2. The quantitative estimate of drug-likeness (QED) is 0.0888. The SMILES string of the molecule is CC(=O)NC(C)C(=O)O.CC(=O)O.CC(=O)O.CC(C)(C)OC(=O)OC(=O)OC(C)(C)C.CN.CN.CNC(=O)NC.CNC(=O)NC.CNC(=O)OC(C)(C)C.CNC(=O)OC(C)(C)C.COC(=O)C(C)N.COC(=O)C(C)NC(C)=O.COC(=O)C(C)NC(C)=O.COC(=O)C(C)NC(C)=O. The largest absolute Gasteiger partial charge is 0.519 e. The van der Waals surface area contributed by atoms with Gasteiger partial charge in [-0.3, -0.25) is 38.4 Å². The van der Waals surface area contributed by atoms with Crippen LogP contribution in [-0.2, 0) is 95.4 Å². The first-order chi connectivity index (χ1) is 46.4. The number of nitrogens with one attached hydrogen (secondary N) is 10. The molecule has 103 heavy (non-hydrogen) atoms. The van der Waals surface area contributed by atoms with E-state index in [4.69, 9.17) is 49.6 Å². The third-order valence-corrected chi connectivity index (χ3v) is 7.35. The third-order valence-electron chi connectivity index (χ3n) is 7.35. The number of carbonyl (C=O) groups is 17. The van der Waals surface area contributed by atoms with Crippen molar-refractivity contribution in [3.63, 3.8) is 0 Å². The summed E-state index contributed by atoms with van der Waals surface area (Å²) in [6.07, 6.45) is -2.89. The normalized spacial score (nSPS) is 10.4. The molecule has 42 nitrogen and oxygen atoms in total. The first-order valence-corrected chi connectivity index (χ1v) is 30.1. The summed E-state index contributed by atoms with van der Waals surface area (Å²) in [7, 11) is 17.5. The standard InChI is InChI=1S/C10H18O5.3C6H11NO3.2C6H13NO2.C5H9NO3.C4H9NO2.2C3H8N2O.2C2H4O2.2CH5N/c1-9(2,3)14-7(11)13-8(12)15-10(4,5)6;3*1-4(6(9)10-3)7-5(2)8;2*1-6(2,3)9-5(8)7-4;1-3(5(8)9)6-4(2)7;1-3(5)4(6)7-2;2*1-4-3(6)5-2;2*1-2(3)4;2*1-2/h1-6H3;3*4H,1-3H3,(H,7,8);2*1-4H3,(H,7,8);3H,1-2H3,(H,6,7)(H,8,9);3H,5H2,1-2H3;2*1-2H3,(H2,4,5,6);2*1H3,(H,3,4);2*2H2,1H3. The highest BCUT2D eigenvalue weighted by Crippen LogP contribution is 2.12. The molecular formula is C61H129N13O29. The third kappa shape index (κ3) is 152. The smallest absolute Gasteiger partial charge is 0.481 e. The molecule has 0 aromatic heterocycles. The van der Waals surface area contributed by atoms with Gasteiger partial charge in [-0.2, -0.15) is 0 Å². The number of ether oxygens (including phenoxy) is 9. The Kier molecular flexibility index (Phi) is 94.9. The first-order valence-electron chi connectivity index (χ1n) is 30.1. The Morgan fingerprint density at radius 3 is 0.573 bits per heavy atom. The molecule has 612 valence electrons. The van der Waals surface area contributed by atoms with E-state index >= 15 is 0 Å². The molecule has 0 aliphatic carbocycles. The fraction of sp³-hybridized carbons (Fsp3) is 0.721. The number of alkyl carbamates (subject to hydrolysis) is 2. The monoisotopic (exact) mass is 1510 g/mol. The van der Waals surface area contributed by atoms with Gasteiger partial charge < -0.3 is 128 Å². The van der Waals surface area contributed by atoms with Gasteiger partial charge in [0.2, 0.25) is 23.6 Å². The number of amides is 10. The summed E-state index contributed by atoms with van der Waals surface area (Å²) in [5.74, 6) is -5.41. The van der Waals surface area contributed by atoms with Crippen molar-refractivity contribution in [3.8, 4) is 0 Å². The van der Waals surface area contributed by atoms with Crippen LogP contribution in [0.15, 0.2) is 0 Å². The van der Waals surface area contributed by atoms with Gasteiger partial charge in [0.05, 0.1) is 28.4 Å². The predicted octanol–water partition coefficient (Wildman–Crippen LogP) is 1.73. The lowest BCUT2D eigenvalue weighted by Crippen LogP contribution is -2.37. The van der Waals surface area contributed by atoms with E-state index in [0.29, 0.717) is 0 Å². The number of carboxylic acids is 3. The number of hydrogen-bond donors (Lipinski definition) is 16. The van der Waals surface area contributed by atoms with Crippen LogP contribution in [0.1, 0.15) is 159 Å². The molecule has 0 bridgehead atoms. The number of carboxylic acid groups (broad SMARTS) is 3. The Hall–Kier alpha value is -10.1. The zero-order chi connectivity index (χ0) is 86.1.